The van der Waals surface area contributed by atoms with Crippen LogP contribution in [0, 0.1) is 0 Å². The first-order valence-electron chi connectivity index (χ1n) is 11.2. The van der Waals surface area contributed by atoms with Gasteiger partial charge in [0.05, 0.1) is 27.7 Å². The molecule has 2 atom stereocenters. The fourth-order valence-electron chi connectivity index (χ4n) is 2.40. The Kier molecular flexibility index (Phi) is 16.1. The highest BCUT2D eigenvalue weighted by Gasteiger charge is 2.29. The van der Waals surface area contributed by atoms with E-state index in [0.717, 1.165) is 32.1 Å². The van der Waals surface area contributed by atoms with E-state index in [2.05, 4.69) is 0 Å². The van der Waals surface area contributed by atoms with Gasteiger partial charge in [-0.3, -0.25) is 23.2 Å². The number of nitrogens with zero attached hydrogens (tertiary/aromatic N) is 1. The van der Waals surface area contributed by atoms with Gasteiger partial charge < -0.3 is 14.0 Å². The topological polar surface area (TPSA) is 97.4 Å². The zero-order valence-corrected chi connectivity index (χ0v) is 21.1. The zero-order chi connectivity index (χ0) is 23.8. The molecule has 0 amide bonds. The van der Waals surface area contributed by atoms with Crippen LogP contribution in [0.2, 0.25) is 0 Å². The molecule has 0 fully saturated rings. The Balaban J connectivity index is 4.78. The highest BCUT2D eigenvalue weighted by atomic mass is 31.2. The molecule has 9 nitrogen and oxygen atoms in total. The Morgan fingerprint density at radius 2 is 1.45 bits per heavy atom. The van der Waals surface area contributed by atoms with Gasteiger partial charge in [0.2, 0.25) is 0 Å². The minimum absolute atomic E-state index is 0.169. The number of esters is 2. The predicted octanol–water partition coefficient (Wildman–Crippen LogP) is 4.10. The molecule has 0 aliphatic rings. The molecule has 0 spiro atoms. The standard InChI is InChI=1S/C21H43NO8P/c1-7-9-11-13-20(23)27-17-19(30-21(24)14-12-10-8-2)18-29-31(25,26-6)28-16-15-22(3,4)5/h19H,7-18H2,1-6H3/q+1. The first-order valence-corrected chi connectivity index (χ1v) is 12.6. The summed E-state index contributed by atoms with van der Waals surface area (Å²) in [5, 5.41) is 0. The molecule has 0 bridgehead atoms. The van der Waals surface area contributed by atoms with Crippen LogP contribution in [-0.2, 0) is 37.2 Å². The van der Waals surface area contributed by atoms with Crippen LogP contribution in [0.25, 0.3) is 0 Å². The molecule has 0 radical (unpaired) electrons. The van der Waals surface area contributed by atoms with Crippen molar-refractivity contribution in [2.75, 3.05) is 54.6 Å². The van der Waals surface area contributed by atoms with Crippen LogP contribution in [0.3, 0.4) is 0 Å². The van der Waals surface area contributed by atoms with E-state index >= 15 is 0 Å². The molecule has 0 saturated carbocycles. The van der Waals surface area contributed by atoms with Gasteiger partial charge in [-0.1, -0.05) is 39.5 Å². The summed E-state index contributed by atoms with van der Waals surface area (Å²) in [6.07, 6.45) is 4.97. The number of phosphoric ester groups is 1. The molecule has 0 aliphatic carbocycles. The van der Waals surface area contributed by atoms with Crippen molar-refractivity contribution in [3.05, 3.63) is 0 Å². The molecule has 0 aliphatic heterocycles. The maximum absolute atomic E-state index is 12.7. The quantitative estimate of drug-likeness (QED) is 0.121. The van der Waals surface area contributed by atoms with Gasteiger partial charge in [-0.05, 0) is 12.8 Å². The van der Waals surface area contributed by atoms with Crippen molar-refractivity contribution in [1.29, 1.82) is 0 Å². The van der Waals surface area contributed by atoms with E-state index in [1.165, 1.54) is 7.11 Å². The lowest BCUT2D eigenvalue weighted by Gasteiger charge is -2.25. The van der Waals surface area contributed by atoms with Crippen molar-refractivity contribution in [3.8, 4) is 0 Å². The summed E-state index contributed by atoms with van der Waals surface area (Å²) in [4.78, 5) is 24.0. The Morgan fingerprint density at radius 1 is 0.871 bits per heavy atom. The van der Waals surface area contributed by atoms with Gasteiger partial charge in [0, 0.05) is 20.0 Å². The fraction of sp³-hybridized carbons (Fsp3) is 0.905. The van der Waals surface area contributed by atoms with Crippen molar-refractivity contribution < 1.29 is 41.7 Å². The molecule has 0 heterocycles. The summed E-state index contributed by atoms with van der Waals surface area (Å²) in [5.41, 5.74) is 0. The molecule has 184 valence electrons. The van der Waals surface area contributed by atoms with Crippen molar-refractivity contribution in [1.82, 2.24) is 0 Å². The SMILES string of the molecule is CCCCCC(=O)OCC(COP(=O)(OC)OCC[N+](C)(C)C)OC(=O)CCCCC. The van der Waals surface area contributed by atoms with Crippen molar-refractivity contribution >= 4 is 19.8 Å². The number of carbonyl (C=O) groups is 2. The number of hydrogen-bond donors (Lipinski definition) is 0. The lowest BCUT2D eigenvalue weighted by atomic mass is 10.2. The molecular formula is C21H43NO8P+. The average molecular weight is 469 g/mol. The maximum Gasteiger partial charge on any atom is 0.474 e. The summed E-state index contributed by atoms with van der Waals surface area (Å²) in [6.45, 7) is 4.42. The first-order chi connectivity index (χ1) is 14.5. The van der Waals surface area contributed by atoms with Crippen LogP contribution in [-0.4, -0.2) is 77.1 Å². The number of unbranched alkanes of at least 4 members (excludes halogenated alkanes) is 4. The van der Waals surface area contributed by atoms with E-state index in [1.54, 1.807) is 0 Å². The normalized spacial score (nSPS) is 14.6. The Hall–Kier alpha value is -0.990. The molecule has 2 unspecified atom stereocenters. The second-order valence-electron chi connectivity index (χ2n) is 8.48. The van der Waals surface area contributed by atoms with Crippen molar-refractivity contribution in [3.63, 3.8) is 0 Å². The zero-order valence-electron chi connectivity index (χ0n) is 20.2. The molecule has 0 rings (SSSR count). The Bertz CT molecular complexity index is 550. The Morgan fingerprint density at radius 3 is 1.97 bits per heavy atom. The number of rotatable bonds is 19. The van der Waals surface area contributed by atoms with Crippen LogP contribution < -0.4 is 0 Å². The van der Waals surface area contributed by atoms with Gasteiger partial charge in [-0.2, -0.15) is 0 Å². The number of likely N-dealkylation sites (N-methyl/N-ethyl adjacent to an activating group) is 1. The van der Waals surface area contributed by atoms with E-state index in [1.807, 2.05) is 35.0 Å². The minimum atomic E-state index is -3.82. The van der Waals surface area contributed by atoms with Gasteiger partial charge in [0.15, 0.2) is 6.10 Å². The molecule has 0 aromatic rings. The van der Waals surface area contributed by atoms with Crippen LogP contribution in [0.15, 0.2) is 0 Å². The van der Waals surface area contributed by atoms with E-state index < -0.39 is 19.9 Å². The maximum atomic E-state index is 12.7. The third-order valence-electron chi connectivity index (χ3n) is 4.35. The monoisotopic (exact) mass is 468 g/mol. The predicted molar refractivity (Wildman–Crippen MR) is 119 cm³/mol. The molecule has 0 aromatic carbocycles. The van der Waals surface area contributed by atoms with Crippen molar-refractivity contribution in [2.24, 2.45) is 0 Å². The van der Waals surface area contributed by atoms with Gasteiger partial charge in [-0.15, -0.1) is 0 Å². The van der Waals surface area contributed by atoms with E-state index in [4.69, 9.17) is 23.0 Å². The smallest absolute Gasteiger partial charge is 0.462 e. The molecule has 0 N–H and O–H groups in total. The second kappa shape index (κ2) is 16.6. The second-order valence-corrected chi connectivity index (χ2v) is 10.3. The molecule has 31 heavy (non-hydrogen) atoms. The van der Waals surface area contributed by atoms with Crippen LogP contribution >= 0.6 is 7.82 Å². The molecular weight excluding hydrogens is 425 g/mol. The summed E-state index contributed by atoms with van der Waals surface area (Å²) in [6, 6.07) is 0. The molecule has 0 aromatic heterocycles. The van der Waals surface area contributed by atoms with Gasteiger partial charge in [0.1, 0.15) is 19.8 Å². The van der Waals surface area contributed by atoms with E-state index in [0.29, 0.717) is 23.9 Å². The van der Waals surface area contributed by atoms with E-state index in [9.17, 15) is 14.2 Å². The lowest BCUT2D eigenvalue weighted by molar-refractivity contribution is -0.870. The van der Waals surface area contributed by atoms with Crippen LogP contribution in [0.1, 0.15) is 65.2 Å². The third kappa shape index (κ3) is 17.3. The summed E-state index contributed by atoms with van der Waals surface area (Å²) < 4.78 is 39.5. The number of hydrogen-bond acceptors (Lipinski definition) is 8. The number of phosphoric acid groups is 1. The summed E-state index contributed by atoms with van der Waals surface area (Å²) in [7, 11) is 3.34. The molecule has 10 heteroatoms. The summed E-state index contributed by atoms with van der Waals surface area (Å²) in [5.74, 6) is -0.781. The van der Waals surface area contributed by atoms with E-state index in [-0.39, 0.29) is 32.2 Å². The van der Waals surface area contributed by atoms with Gasteiger partial charge in [-0.25, -0.2) is 4.57 Å². The number of quaternary nitrogens is 1. The largest absolute Gasteiger partial charge is 0.474 e. The number of carbonyl (C=O) groups excluding carboxylic acids is 2. The number of ether oxygens (including phenoxy) is 2. The third-order valence-corrected chi connectivity index (χ3v) is 5.76. The average Bonchev–Trinajstić information content (AvgIpc) is 2.69. The van der Waals surface area contributed by atoms with Gasteiger partial charge >= 0.3 is 19.8 Å². The van der Waals surface area contributed by atoms with Crippen LogP contribution in [0.4, 0.5) is 0 Å². The molecule has 0 saturated heterocycles. The highest BCUT2D eigenvalue weighted by Crippen LogP contribution is 2.48. The first kappa shape index (κ1) is 30.0. The Labute approximate surface area is 187 Å². The lowest BCUT2D eigenvalue weighted by Crippen LogP contribution is -2.37. The highest BCUT2D eigenvalue weighted by molar-refractivity contribution is 7.48. The summed E-state index contributed by atoms with van der Waals surface area (Å²) >= 11 is 0. The minimum Gasteiger partial charge on any atom is -0.462 e. The van der Waals surface area contributed by atoms with Gasteiger partial charge in [0.25, 0.3) is 0 Å². The van der Waals surface area contributed by atoms with Crippen LogP contribution in [0.5, 0.6) is 0 Å². The van der Waals surface area contributed by atoms with Crippen molar-refractivity contribution in [2.45, 2.75) is 71.3 Å². The fourth-order valence-corrected chi connectivity index (χ4v) is 3.34.